The van der Waals surface area contributed by atoms with Crippen LogP contribution >= 0.6 is 0 Å². The van der Waals surface area contributed by atoms with Crippen LogP contribution in [0.2, 0.25) is 0 Å². The van der Waals surface area contributed by atoms with Gasteiger partial charge in [0, 0.05) is 12.1 Å². The number of carbonyl (C=O) groups excluding carboxylic acids is 2. The van der Waals surface area contributed by atoms with Crippen LogP contribution in [-0.2, 0) is 9.53 Å². The summed E-state index contributed by atoms with van der Waals surface area (Å²) < 4.78 is 4.60. The fourth-order valence-corrected chi connectivity index (χ4v) is 1.20. The Hall–Kier alpha value is -1.91. The van der Waals surface area contributed by atoms with E-state index in [0.717, 1.165) is 0 Å². The molecule has 0 fully saturated rings. The lowest BCUT2D eigenvalue weighted by Gasteiger charge is -2.06. The summed E-state index contributed by atoms with van der Waals surface area (Å²) in [5, 5.41) is 2.59. The number of amides is 1. The quantitative estimate of drug-likeness (QED) is 0.787. The number of anilines is 1. The number of methoxy groups -OCH3 is 1. The molecule has 0 saturated heterocycles. The second-order valence-corrected chi connectivity index (χ2v) is 3.28. The van der Waals surface area contributed by atoms with Gasteiger partial charge in [-0.3, -0.25) is 4.79 Å². The summed E-state index contributed by atoms with van der Waals surface area (Å²) in [5.41, 5.74) is 1.02. The highest BCUT2D eigenvalue weighted by atomic mass is 16.5. The van der Waals surface area contributed by atoms with Gasteiger partial charge in [-0.25, -0.2) is 9.78 Å². The van der Waals surface area contributed by atoms with Crippen molar-refractivity contribution in [3.8, 4) is 0 Å². The molecule has 0 saturated carbocycles. The molecule has 0 aliphatic carbocycles. The van der Waals surface area contributed by atoms with Crippen molar-refractivity contribution in [1.29, 1.82) is 0 Å². The van der Waals surface area contributed by atoms with E-state index in [1.807, 2.05) is 0 Å². The van der Waals surface area contributed by atoms with Gasteiger partial charge in [0.05, 0.1) is 12.7 Å². The van der Waals surface area contributed by atoms with E-state index < -0.39 is 5.97 Å². The predicted molar refractivity (Wildman–Crippen MR) is 59.2 cm³/mol. The Morgan fingerprint density at radius 1 is 1.44 bits per heavy atom. The summed E-state index contributed by atoms with van der Waals surface area (Å²) in [6.07, 6.45) is 0.364. The molecule has 1 amide bonds. The fourth-order valence-electron chi connectivity index (χ4n) is 1.20. The van der Waals surface area contributed by atoms with Crippen molar-refractivity contribution >= 4 is 17.7 Å². The fraction of sp³-hybridized carbons (Fsp3) is 0.364. The summed E-state index contributed by atoms with van der Waals surface area (Å²) in [4.78, 5) is 26.6. The first-order valence-electron chi connectivity index (χ1n) is 4.93. The van der Waals surface area contributed by atoms with Gasteiger partial charge in [-0.2, -0.15) is 0 Å². The molecule has 0 unspecified atom stereocenters. The zero-order valence-electron chi connectivity index (χ0n) is 9.53. The van der Waals surface area contributed by atoms with Crippen molar-refractivity contribution in [2.24, 2.45) is 0 Å². The van der Waals surface area contributed by atoms with E-state index in [2.05, 4.69) is 15.0 Å². The summed E-state index contributed by atoms with van der Waals surface area (Å²) in [7, 11) is 1.31. The van der Waals surface area contributed by atoms with Gasteiger partial charge in [-0.05, 0) is 19.1 Å². The molecule has 1 rings (SSSR count). The first-order chi connectivity index (χ1) is 7.56. The van der Waals surface area contributed by atoms with E-state index in [1.54, 1.807) is 19.9 Å². The van der Waals surface area contributed by atoms with Gasteiger partial charge >= 0.3 is 5.97 Å². The highest BCUT2D eigenvalue weighted by molar-refractivity contribution is 5.93. The van der Waals surface area contributed by atoms with E-state index in [9.17, 15) is 9.59 Å². The van der Waals surface area contributed by atoms with Gasteiger partial charge < -0.3 is 10.1 Å². The molecule has 0 atom stereocenters. The third-order valence-corrected chi connectivity index (χ3v) is 1.96. The Balaban J connectivity index is 2.98. The van der Waals surface area contributed by atoms with Gasteiger partial charge in [0.2, 0.25) is 5.91 Å². The number of carbonyl (C=O) groups is 2. The zero-order valence-corrected chi connectivity index (χ0v) is 9.53. The molecular weight excluding hydrogens is 208 g/mol. The molecule has 0 aromatic carbocycles. The minimum Gasteiger partial charge on any atom is -0.465 e. The minimum absolute atomic E-state index is 0.145. The zero-order chi connectivity index (χ0) is 12.1. The maximum Gasteiger partial charge on any atom is 0.338 e. The highest BCUT2D eigenvalue weighted by Crippen LogP contribution is 2.11. The van der Waals surface area contributed by atoms with Crippen LogP contribution in [0.5, 0.6) is 0 Å². The van der Waals surface area contributed by atoms with Gasteiger partial charge in [0.1, 0.15) is 5.82 Å². The topological polar surface area (TPSA) is 68.3 Å². The van der Waals surface area contributed by atoms with E-state index in [0.29, 0.717) is 23.5 Å². The molecule has 0 aliphatic heterocycles. The molecule has 5 heteroatoms. The second kappa shape index (κ2) is 5.25. The first-order valence-corrected chi connectivity index (χ1v) is 4.93. The van der Waals surface area contributed by atoms with E-state index in [1.165, 1.54) is 13.2 Å². The number of esters is 1. The smallest absolute Gasteiger partial charge is 0.338 e. The lowest BCUT2D eigenvalue weighted by atomic mass is 10.2. The van der Waals surface area contributed by atoms with Crippen LogP contribution in [0.1, 0.15) is 29.4 Å². The van der Waals surface area contributed by atoms with Gasteiger partial charge in [0.15, 0.2) is 0 Å². The number of aryl methyl sites for hydroxylation is 1. The van der Waals surface area contributed by atoms with Crippen molar-refractivity contribution in [2.45, 2.75) is 20.3 Å². The van der Waals surface area contributed by atoms with E-state index in [-0.39, 0.29) is 5.91 Å². The number of hydrogen-bond donors (Lipinski definition) is 1. The minimum atomic E-state index is -0.447. The molecule has 1 heterocycles. The maximum absolute atomic E-state index is 11.3. The SMILES string of the molecule is CCC(=O)Nc1cc(C(=O)OC)cc(C)n1. The molecule has 0 aliphatic rings. The second-order valence-electron chi connectivity index (χ2n) is 3.28. The van der Waals surface area contributed by atoms with Crippen molar-refractivity contribution in [2.75, 3.05) is 12.4 Å². The Labute approximate surface area is 93.8 Å². The molecule has 1 aromatic heterocycles. The Kier molecular flexibility index (Phi) is 3.99. The molecule has 0 radical (unpaired) electrons. The third kappa shape index (κ3) is 3.05. The Morgan fingerprint density at radius 2 is 2.12 bits per heavy atom. The molecule has 86 valence electrons. The summed E-state index contributed by atoms with van der Waals surface area (Å²) in [6, 6.07) is 3.10. The van der Waals surface area contributed by atoms with Gasteiger partial charge in [0.25, 0.3) is 0 Å². The molecule has 0 spiro atoms. The van der Waals surface area contributed by atoms with Crippen molar-refractivity contribution in [1.82, 2.24) is 4.98 Å². The van der Waals surface area contributed by atoms with Crippen molar-refractivity contribution < 1.29 is 14.3 Å². The van der Waals surface area contributed by atoms with E-state index >= 15 is 0 Å². The van der Waals surface area contributed by atoms with E-state index in [4.69, 9.17) is 0 Å². The van der Waals surface area contributed by atoms with Crippen LogP contribution in [0, 0.1) is 6.92 Å². The molecule has 1 N–H and O–H groups in total. The number of rotatable bonds is 3. The normalized spacial score (nSPS) is 9.69. The van der Waals surface area contributed by atoms with Crippen molar-refractivity contribution in [3.63, 3.8) is 0 Å². The average molecular weight is 222 g/mol. The number of ether oxygens (including phenoxy) is 1. The van der Waals surface area contributed by atoms with Crippen LogP contribution in [0.25, 0.3) is 0 Å². The lowest BCUT2D eigenvalue weighted by Crippen LogP contribution is -2.12. The number of pyridine rings is 1. The summed E-state index contributed by atoms with van der Waals surface area (Å²) in [5.74, 6) is -0.223. The molecule has 5 nitrogen and oxygen atoms in total. The van der Waals surface area contributed by atoms with Gasteiger partial charge in [-0.15, -0.1) is 0 Å². The van der Waals surface area contributed by atoms with Gasteiger partial charge in [-0.1, -0.05) is 6.92 Å². The largest absolute Gasteiger partial charge is 0.465 e. The number of hydrogen-bond acceptors (Lipinski definition) is 4. The Morgan fingerprint density at radius 3 is 2.69 bits per heavy atom. The average Bonchev–Trinajstić information content (AvgIpc) is 2.27. The van der Waals surface area contributed by atoms with Crippen molar-refractivity contribution in [3.05, 3.63) is 23.4 Å². The van der Waals surface area contributed by atoms with Crippen LogP contribution in [-0.4, -0.2) is 24.0 Å². The summed E-state index contributed by atoms with van der Waals surface area (Å²) >= 11 is 0. The number of nitrogens with zero attached hydrogens (tertiary/aromatic N) is 1. The monoisotopic (exact) mass is 222 g/mol. The standard InChI is InChI=1S/C11H14N2O3/c1-4-10(14)13-9-6-8(11(15)16-3)5-7(2)12-9/h5-6H,4H2,1-3H3,(H,12,13,14). The van der Waals surface area contributed by atoms with Crippen LogP contribution in [0.15, 0.2) is 12.1 Å². The Bertz CT molecular complexity index is 416. The highest BCUT2D eigenvalue weighted by Gasteiger charge is 2.09. The summed E-state index contributed by atoms with van der Waals surface area (Å²) in [6.45, 7) is 3.49. The van der Waals surface area contributed by atoms with Crippen LogP contribution in [0.4, 0.5) is 5.82 Å². The third-order valence-electron chi connectivity index (χ3n) is 1.96. The number of nitrogens with one attached hydrogen (secondary N) is 1. The maximum atomic E-state index is 11.3. The molecule has 1 aromatic rings. The molecular formula is C11H14N2O3. The molecule has 16 heavy (non-hydrogen) atoms. The lowest BCUT2D eigenvalue weighted by molar-refractivity contribution is -0.115. The predicted octanol–water partition coefficient (Wildman–Crippen LogP) is 1.53. The first kappa shape index (κ1) is 12.2. The van der Waals surface area contributed by atoms with Crippen LogP contribution < -0.4 is 5.32 Å². The molecule has 0 bridgehead atoms. The number of aromatic nitrogens is 1. The van der Waals surface area contributed by atoms with Crippen LogP contribution in [0.3, 0.4) is 0 Å².